The van der Waals surface area contributed by atoms with Crippen LogP contribution in [0.2, 0.25) is 0 Å². The molecule has 0 fully saturated rings. The van der Waals surface area contributed by atoms with Crippen molar-refractivity contribution in [3.05, 3.63) is 53.3 Å². The van der Waals surface area contributed by atoms with Crippen molar-refractivity contribution in [3.8, 4) is 5.75 Å². The molecule has 2 aromatic rings. The van der Waals surface area contributed by atoms with Crippen molar-refractivity contribution in [2.24, 2.45) is 0 Å². The number of aryl methyl sites for hydroxylation is 1. The summed E-state index contributed by atoms with van der Waals surface area (Å²) in [6, 6.07) is 10.1. The summed E-state index contributed by atoms with van der Waals surface area (Å²) in [4.78, 5) is 0.632. The predicted molar refractivity (Wildman–Crippen MR) is 78.7 cm³/mol. The molecule has 0 saturated carbocycles. The Labute approximate surface area is 120 Å². The zero-order valence-corrected chi connectivity index (χ0v) is 12.2. The molecule has 106 valence electrons. The maximum absolute atomic E-state index is 14.0. The van der Waals surface area contributed by atoms with Crippen LogP contribution in [0.3, 0.4) is 0 Å². The molecule has 0 aliphatic rings. The summed E-state index contributed by atoms with van der Waals surface area (Å²) in [6.45, 7) is 1.86. The van der Waals surface area contributed by atoms with Gasteiger partial charge in [0.05, 0.1) is 23.7 Å². The minimum absolute atomic E-state index is 0.0906. The van der Waals surface area contributed by atoms with Gasteiger partial charge in [0.15, 0.2) is 11.6 Å². The number of rotatable bonds is 4. The molecular weight excluding hydrogens is 277 g/mol. The highest BCUT2D eigenvalue weighted by molar-refractivity contribution is 7.84. The van der Waals surface area contributed by atoms with E-state index in [1.54, 1.807) is 24.3 Å². The second kappa shape index (κ2) is 6.05. The lowest BCUT2D eigenvalue weighted by Crippen LogP contribution is -2.03. The molecule has 2 N–H and O–H groups in total. The van der Waals surface area contributed by atoms with Crippen molar-refractivity contribution in [1.82, 2.24) is 0 Å². The van der Waals surface area contributed by atoms with E-state index >= 15 is 0 Å². The number of nitrogen functional groups attached to an aromatic ring is 1. The van der Waals surface area contributed by atoms with E-state index in [1.165, 1.54) is 13.2 Å². The number of ether oxygens (including phenoxy) is 1. The predicted octanol–water partition coefficient (Wildman–Crippen LogP) is 3.03. The Morgan fingerprint density at radius 1 is 1.30 bits per heavy atom. The van der Waals surface area contributed by atoms with Crippen molar-refractivity contribution < 1.29 is 13.3 Å². The molecule has 20 heavy (non-hydrogen) atoms. The van der Waals surface area contributed by atoms with E-state index in [4.69, 9.17) is 10.5 Å². The molecule has 2 aromatic carbocycles. The van der Waals surface area contributed by atoms with Gasteiger partial charge in [0.2, 0.25) is 0 Å². The monoisotopic (exact) mass is 293 g/mol. The Morgan fingerprint density at radius 3 is 2.75 bits per heavy atom. The van der Waals surface area contributed by atoms with Crippen LogP contribution in [-0.2, 0) is 16.6 Å². The third-order valence-electron chi connectivity index (χ3n) is 3.01. The first-order valence-electron chi connectivity index (χ1n) is 6.09. The molecule has 5 heteroatoms. The second-order valence-electron chi connectivity index (χ2n) is 4.45. The Morgan fingerprint density at radius 2 is 2.05 bits per heavy atom. The van der Waals surface area contributed by atoms with Gasteiger partial charge in [-0.05, 0) is 30.7 Å². The van der Waals surface area contributed by atoms with Crippen molar-refractivity contribution in [3.63, 3.8) is 0 Å². The van der Waals surface area contributed by atoms with Gasteiger partial charge in [-0.3, -0.25) is 4.21 Å². The van der Waals surface area contributed by atoms with E-state index in [-0.39, 0.29) is 11.5 Å². The van der Waals surface area contributed by atoms with Crippen LogP contribution in [0.4, 0.5) is 10.1 Å². The molecule has 0 bridgehead atoms. The maximum atomic E-state index is 14.0. The third kappa shape index (κ3) is 2.99. The summed E-state index contributed by atoms with van der Waals surface area (Å²) in [5.41, 5.74) is 7.49. The third-order valence-corrected chi connectivity index (χ3v) is 4.51. The summed E-state index contributed by atoms with van der Waals surface area (Å²) >= 11 is 0. The van der Waals surface area contributed by atoms with Gasteiger partial charge in [-0.25, -0.2) is 4.39 Å². The molecule has 0 aromatic heterocycles. The molecule has 0 heterocycles. The SMILES string of the molecule is COc1cccc(CS(=O)c2cc(N)ccc2C)c1F. The van der Waals surface area contributed by atoms with E-state index in [9.17, 15) is 8.60 Å². The molecule has 0 spiro atoms. The molecular formula is C15H16FNO2S. The fourth-order valence-corrected chi connectivity index (χ4v) is 3.26. The molecule has 1 atom stereocenters. The molecule has 0 aliphatic carbocycles. The van der Waals surface area contributed by atoms with Gasteiger partial charge in [-0.15, -0.1) is 0 Å². The van der Waals surface area contributed by atoms with E-state index < -0.39 is 16.6 Å². The quantitative estimate of drug-likeness (QED) is 0.882. The van der Waals surface area contributed by atoms with Gasteiger partial charge < -0.3 is 10.5 Å². The summed E-state index contributed by atoms with van der Waals surface area (Å²) in [7, 11) is 0.0516. The highest BCUT2D eigenvalue weighted by atomic mass is 32.2. The summed E-state index contributed by atoms with van der Waals surface area (Å²) < 4.78 is 31.4. The Kier molecular flexibility index (Phi) is 4.39. The highest BCUT2D eigenvalue weighted by Gasteiger charge is 2.14. The number of nitrogens with two attached hydrogens (primary N) is 1. The van der Waals surface area contributed by atoms with E-state index in [2.05, 4.69) is 0 Å². The van der Waals surface area contributed by atoms with Gasteiger partial charge in [0.1, 0.15) is 0 Å². The standard InChI is InChI=1S/C15H16FNO2S/c1-10-6-7-12(17)8-14(10)20(18)9-11-4-3-5-13(19-2)15(11)16/h3-8H,9,17H2,1-2H3. The average Bonchev–Trinajstić information content (AvgIpc) is 2.43. The summed E-state index contributed by atoms with van der Waals surface area (Å²) in [6.07, 6.45) is 0. The van der Waals surface area contributed by atoms with Crippen molar-refractivity contribution in [1.29, 1.82) is 0 Å². The topological polar surface area (TPSA) is 52.3 Å². The first-order valence-corrected chi connectivity index (χ1v) is 7.40. The van der Waals surface area contributed by atoms with Crippen molar-refractivity contribution in [2.45, 2.75) is 17.6 Å². The normalized spacial score (nSPS) is 12.2. The Hall–Kier alpha value is -1.88. The van der Waals surface area contributed by atoms with Gasteiger partial charge >= 0.3 is 0 Å². The molecule has 2 rings (SSSR count). The molecule has 0 saturated heterocycles. The van der Waals surface area contributed by atoms with E-state index in [1.807, 2.05) is 13.0 Å². The van der Waals surface area contributed by atoms with Crippen molar-refractivity contribution >= 4 is 16.5 Å². The zero-order valence-electron chi connectivity index (χ0n) is 11.4. The number of anilines is 1. The molecule has 0 amide bonds. The average molecular weight is 293 g/mol. The Balaban J connectivity index is 2.30. The smallest absolute Gasteiger partial charge is 0.169 e. The lowest BCUT2D eigenvalue weighted by Gasteiger charge is -2.09. The van der Waals surface area contributed by atoms with Gasteiger partial charge in [0, 0.05) is 16.1 Å². The lowest BCUT2D eigenvalue weighted by molar-refractivity contribution is 0.385. The minimum Gasteiger partial charge on any atom is -0.494 e. The van der Waals surface area contributed by atoms with Crippen LogP contribution >= 0.6 is 0 Å². The first-order chi connectivity index (χ1) is 9.52. The summed E-state index contributed by atoms with van der Waals surface area (Å²) in [5.74, 6) is -0.221. The van der Waals surface area contributed by atoms with Crippen LogP contribution in [0.15, 0.2) is 41.3 Å². The summed E-state index contributed by atoms with van der Waals surface area (Å²) in [5, 5.41) is 0. The second-order valence-corrected chi connectivity index (χ2v) is 5.87. The van der Waals surface area contributed by atoms with Crippen LogP contribution in [0, 0.1) is 12.7 Å². The fraction of sp³-hybridized carbons (Fsp3) is 0.200. The van der Waals surface area contributed by atoms with Crippen LogP contribution in [0.5, 0.6) is 5.75 Å². The van der Waals surface area contributed by atoms with Crippen LogP contribution in [0.25, 0.3) is 0 Å². The molecule has 1 unspecified atom stereocenters. The number of hydrogen-bond acceptors (Lipinski definition) is 3. The van der Waals surface area contributed by atoms with E-state index in [0.29, 0.717) is 16.1 Å². The number of halogens is 1. The number of benzene rings is 2. The first kappa shape index (κ1) is 14.5. The Bertz CT molecular complexity index is 658. The fourth-order valence-electron chi connectivity index (χ4n) is 1.91. The molecule has 0 aliphatic heterocycles. The lowest BCUT2D eigenvalue weighted by atomic mass is 10.2. The van der Waals surface area contributed by atoms with Gasteiger partial charge in [-0.1, -0.05) is 18.2 Å². The molecule has 3 nitrogen and oxygen atoms in total. The van der Waals surface area contributed by atoms with Crippen LogP contribution < -0.4 is 10.5 Å². The zero-order chi connectivity index (χ0) is 14.7. The number of methoxy groups -OCH3 is 1. The van der Waals surface area contributed by atoms with Crippen LogP contribution in [-0.4, -0.2) is 11.3 Å². The van der Waals surface area contributed by atoms with Crippen molar-refractivity contribution in [2.75, 3.05) is 12.8 Å². The highest BCUT2D eigenvalue weighted by Crippen LogP contribution is 2.24. The largest absolute Gasteiger partial charge is 0.494 e. The molecule has 0 radical (unpaired) electrons. The number of hydrogen-bond donors (Lipinski definition) is 1. The van der Waals surface area contributed by atoms with Gasteiger partial charge in [-0.2, -0.15) is 0 Å². The van der Waals surface area contributed by atoms with Gasteiger partial charge in [0.25, 0.3) is 0 Å². The van der Waals surface area contributed by atoms with Crippen LogP contribution in [0.1, 0.15) is 11.1 Å². The minimum atomic E-state index is -1.35. The maximum Gasteiger partial charge on any atom is 0.169 e. The van der Waals surface area contributed by atoms with E-state index in [0.717, 1.165) is 5.56 Å².